The fourth-order valence-corrected chi connectivity index (χ4v) is 3.01. The first-order valence-corrected chi connectivity index (χ1v) is 7.86. The Hall–Kier alpha value is -2.43. The SMILES string of the molecule is Cl.Oc1ncc(C(F)(F)F)c(-c2cn(C3CNCCO3)c3ncccc23)n1. The van der Waals surface area contributed by atoms with Crippen LogP contribution in [0.3, 0.4) is 0 Å². The maximum absolute atomic E-state index is 13.4. The zero-order valence-corrected chi connectivity index (χ0v) is 14.6. The molecule has 0 amide bonds. The summed E-state index contributed by atoms with van der Waals surface area (Å²) >= 11 is 0. The first-order chi connectivity index (χ1) is 12.4. The smallest absolute Gasteiger partial charge is 0.420 e. The van der Waals surface area contributed by atoms with E-state index < -0.39 is 29.7 Å². The summed E-state index contributed by atoms with van der Waals surface area (Å²) in [4.78, 5) is 11.2. The van der Waals surface area contributed by atoms with Gasteiger partial charge < -0.3 is 19.7 Å². The van der Waals surface area contributed by atoms with E-state index in [1.54, 1.807) is 22.9 Å². The summed E-state index contributed by atoms with van der Waals surface area (Å²) in [6.07, 6.45) is -1.41. The van der Waals surface area contributed by atoms with Gasteiger partial charge in [0.15, 0.2) is 0 Å². The molecule has 3 aromatic rings. The number of morpholine rings is 1. The molecular formula is C16H15ClF3N5O2. The summed E-state index contributed by atoms with van der Waals surface area (Å²) in [5, 5.41) is 13.2. The van der Waals surface area contributed by atoms with Crippen LogP contribution in [0.2, 0.25) is 0 Å². The normalized spacial score (nSPS) is 17.7. The van der Waals surface area contributed by atoms with E-state index in [-0.39, 0.29) is 18.0 Å². The van der Waals surface area contributed by atoms with E-state index in [1.165, 1.54) is 6.20 Å². The minimum Gasteiger partial charge on any atom is -0.479 e. The Balaban J connectivity index is 0.00000210. The number of hydrogen-bond acceptors (Lipinski definition) is 6. The van der Waals surface area contributed by atoms with Crippen LogP contribution in [0.5, 0.6) is 6.01 Å². The molecule has 144 valence electrons. The lowest BCUT2D eigenvalue weighted by atomic mass is 10.1. The fourth-order valence-electron chi connectivity index (χ4n) is 3.01. The maximum atomic E-state index is 13.4. The van der Waals surface area contributed by atoms with Gasteiger partial charge in [0.2, 0.25) is 0 Å². The van der Waals surface area contributed by atoms with Gasteiger partial charge in [0, 0.05) is 42.6 Å². The summed E-state index contributed by atoms with van der Waals surface area (Å²) in [5.74, 6) is 0. The third kappa shape index (κ3) is 3.55. The predicted molar refractivity (Wildman–Crippen MR) is 92.5 cm³/mol. The molecular weight excluding hydrogens is 387 g/mol. The zero-order chi connectivity index (χ0) is 18.3. The van der Waals surface area contributed by atoms with Crippen molar-refractivity contribution in [2.45, 2.75) is 12.4 Å². The first-order valence-electron chi connectivity index (χ1n) is 7.86. The topological polar surface area (TPSA) is 85.1 Å². The summed E-state index contributed by atoms with van der Waals surface area (Å²) in [5.41, 5.74) is -0.749. The second kappa shape index (κ2) is 7.29. The van der Waals surface area contributed by atoms with E-state index in [4.69, 9.17) is 4.74 Å². The molecule has 0 bridgehead atoms. The number of fused-ring (bicyclic) bond motifs is 1. The number of hydrogen-bond donors (Lipinski definition) is 2. The number of aromatic nitrogens is 4. The molecule has 0 spiro atoms. The van der Waals surface area contributed by atoms with E-state index >= 15 is 0 Å². The molecule has 11 heteroatoms. The molecule has 1 aliphatic heterocycles. The van der Waals surface area contributed by atoms with Crippen LogP contribution in [0.25, 0.3) is 22.3 Å². The van der Waals surface area contributed by atoms with Gasteiger partial charge in [-0.1, -0.05) is 0 Å². The molecule has 3 aromatic heterocycles. The summed E-state index contributed by atoms with van der Waals surface area (Å²) in [6.45, 7) is 1.68. The number of ether oxygens (including phenoxy) is 1. The monoisotopic (exact) mass is 401 g/mol. The van der Waals surface area contributed by atoms with Crippen molar-refractivity contribution in [2.24, 2.45) is 0 Å². The number of pyridine rings is 1. The average Bonchev–Trinajstić information content (AvgIpc) is 3.01. The first kappa shape index (κ1) is 19.3. The standard InChI is InChI=1S/C16H14F3N5O2.ClH/c17-16(18,19)11-6-22-15(25)23-13(11)10-8-24(12-7-20-4-5-26-12)14-9(10)2-1-3-21-14;/h1-3,6,8,12,20H,4-5,7H2,(H,22,23,25);1H. The van der Waals surface area contributed by atoms with E-state index in [0.29, 0.717) is 36.9 Å². The molecule has 7 nitrogen and oxygen atoms in total. The highest BCUT2D eigenvalue weighted by atomic mass is 35.5. The van der Waals surface area contributed by atoms with Crippen LogP contribution in [0, 0.1) is 0 Å². The van der Waals surface area contributed by atoms with Crippen LogP contribution in [-0.4, -0.2) is 44.3 Å². The van der Waals surface area contributed by atoms with Gasteiger partial charge in [-0.3, -0.25) is 0 Å². The van der Waals surface area contributed by atoms with E-state index in [0.717, 1.165) is 0 Å². The molecule has 1 aliphatic rings. The lowest BCUT2D eigenvalue weighted by Crippen LogP contribution is -2.36. The van der Waals surface area contributed by atoms with Gasteiger partial charge in [-0.2, -0.15) is 18.2 Å². The van der Waals surface area contributed by atoms with Crippen molar-refractivity contribution < 1.29 is 23.0 Å². The van der Waals surface area contributed by atoms with Crippen molar-refractivity contribution in [2.75, 3.05) is 19.7 Å². The second-order valence-electron chi connectivity index (χ2n) is 5.78. The molecule has 4 rings (SSSR count). The summed E-state index contributed by atoms with van der Waals surface area (Å²) in [6, 6.07) is 2.56. The average molecular weight is 402 g/mol. The molecule has 0 aliphatic carbocycles. The molecule has 1 saturated heterocycles. The van der Waals surface area contributed by atoms with Gasteiger partial charge in [0.25, 0.3) is 0 Å². The molecule has 1 fully saturated rings. The van der Waals surface area contributed by atoms with Crippen molar-refractivity contribution in [1.29, 1.82) is 0 Å². The van der Waals surface area contributed by atoms with E-state index in [9.17, 15) is 18.3 Å². The maximum Gasteiger partial charge on any atom is 0.420 e. The summed E-state index contributed by atoms with van der Waals surface area (Å²) in [7, 11) is 0. The third-order valence-corrected chi connectivity index (χ3v) is 4.14. The van der Waals surface area contributed by atoms with Gasteiger partial charge >= 0.3 is 12.2 Å². The fraction of sp³-hybridized carbons (Fsp3) is 0.312. The largest absolute Gasteiger partial charge is 0.479 e. The van der Waals surface area contributed by atoms with Gasteiger partial charge in [-0.15, -0.1) is 12.4 Å². The highest BCUT2D eigenvalue weighted by Gasteiger charge is 2.36. The zero-order valence-electron chi connectivity index (χ0n) is 13.8. The third-order valence-electron chi connectivity index (χ3n) is 4.14. The van der Waals surface area contributed by atoms with Crippen LogP contribution >= 0.6 is 12.4 Å². The Kier molecular flexibility index (Phi) is 5.22. The van der Waals surface area contributed by atoms with Gasteiger partial charge in [0.1, 0.15) is 17.4 Å². The van der Waals surface area contributed by atoms with Crippen molar-refractivity contribution in [3.63, 3.8) is 0 Å². The van der Waals surface area contributed by atoms with E-state index in [2.05, 4.69) is 20.3 Å². The van der Waals surface area contributed by atoms with Gasteiger partial charge in [0.05, 0.1) is 12.3 Å². The number of nitrogens with zero attached hydrogens (tertiary/aromatic N) is 4. The Labute approximate surface area is 157 Å². The van der Waals surface area contributed by atoms with Crippen molar-refractivity contribution in [3.8, 4) is 17.3 Å². The second-order valence-corrected chi connectivity index (χ2v) is 5.78. The number of aromatic hydroxyl groups is 1. The Morgan fingerprint density at radius 2 is 2.11 bits per heavy atom. The molecule has 1 atom stereocenters. The highest BCUT2D eigenvalue weighted by Crippen LogP contribution is 2.39. The number of halogens is 4. The summed E-state index contributed by atoms with van der Waals surface area (Å²) < 4.78 is 47.6. The quantitative estimate of drug-likeness (QED) is 0.687. The Morgan fingerprint density at radius 3 is 2.81 bits per heavy atom. The van der Waals surface area contributed by atoms with Crippen LogP contribution < -0.4 is 5.32 Å². The van der Waals surface area contributed by atoms with Crippen molar-refractivity contribution >= 4 is 23.4 Å². The molecule has 0 aromatic carbocycles. The molecule has 0 radical (unpaired) electrons. The van der Waals surface area contributed by atoms with E-state index in [1.807, 2.05) is 0 Å². The van der Waals surface area contributed by atoms with Crippen molar-refractivity contribution in [3.05, 3.63) is 36.3 Å². The number of alkyl halides is 3. The van der Waals surface area contributed by atoms with Crippen LogP contribution in [-0.2, 0) is 10.9 Å². The molecule has 27 heavy (non-hydrogen) atoms. The Bertz CT molecular complexity index is 957. The van der Waals surface area contributed by atoms with Crippen molar-refractivity contribution in [1.82, 2.24) is 24.8 Å². The number of nitrogens with one attached hydrogen (secondary N) is 1. The Morgan fingerprint density at radius 1 is 1.30 bits per heavy atom. The highest BCUT2D eigenvalue weighted by molar-refractivity contribution is 5.94. The van der Waals surface area contributed by atoms with Gasteiger partial charge in [-0.25, -0.2) is 9.97 Å². The lowest BCUT2D eigenvalue weighted by Gasteiger charge is -2.25. The van der Waals surface area contributed by atoms with Crippen LogP contribution in [0.1, 0.15) is 11.8 Å². The molecule has 1 unspecified atom stereocenters. The minimum absolute atomic E-state index is 0. The van der Waals surface area contributed by atoms with Gasteiger partial charge in [-0.05, 0) is 12.1 Å². The lowest BCUT2D eigenvalue weighted by molar-refractivity contribution is -0.137. The molecule has 0 saturated carbocycles. The van der Waals surface area contributed by atoms with Crippen LogP contribution in [0.15, 0.2) is 30.7 Å². The molecule has 2 N–H and O–H groups in total. The predicted octanol–water partition coefficient (Wildman–Crippen LogP) is 2.76. The number of rotatable bonds is 2. The molecule has 4 heterocycles. The minimum atomic E-state index is -4.66. The van der Waals surface area contributed by atoms with Crippen LogP contribution in [0.4, 0.5) is 13.2 Å².